The number of rotatable bonds is 24. The predicted octanol–water partition coefficient (Wildman–Crippen LogP) is 9.23. The average molecular weight is 887 g/mol. The second-order valence-electron chi connectivity index (χ2n) is 18.4. The van der Waals surface area contributed by atoms with Gasteiger partial charge in [-0.2, -0.15) is 0 Å². The number of aryl methyl sites for hydroxylation is 4. The van der Waals surface area contributed by atoms with Crippen LogP contribution < -0.4 is 18.3 Å². The molecule has 0 saturated heterocycles. The van der Waals surface area contributed by atoms with Gasteiger partial charge in [-0.1, -0.05) is 64.2 Å². The first kappa shape index (κ1) is 46.1. The summed E-state index contributed by atoms with van der Waals surface area (Å²) in [6.07, 6.45) is 34.2. The quantitative estimate of drug-likeness (QED) is 0.0345. The van der Waals surface area contributed by atoms with Gasteiger partial charge in [-0.05, 0) is 72.2 Å². The Morgan fingerprint density at radius 2 is 0.561 bits per heavy atom. The lowest BCUT2D eigenvalue weighted by Gasteiger charge is -2.32. The molecule has 0 atom stereocenters. The zero-order valence-corrected chi connectivity index (χ0v) is 39.0. The molecule has 0 bridgehead atoms. The van der Waals surface area contributed by atoms with Crippen molar-refractivity contribution >= 4 is 34.4 Å². The number of carbonyl (C=O) groups excluding carboxylic acids is 4. The third-order valence-electron chi connectivity index (χ3n) is 13.6. The molecule has 0 N–H and O–H groups in total. The number of pyridine rings is 4. The normalized spacial score (nSPS) is 13.4. The van der Waals surface area contributed by atoms with Crippen molar-refractivity contribution in [1.82, 2.24) is 9.80 Å². The van der Waals surface area contributed by atoms with E-state index in [0.717, 1.165) is 77.3 Å². The van der Waals surface area contributed by atoms with E-state index in [-0.39, 0.29) is 23.6 Å². The Bertz CT molecular complexity index is 2390. The van der Waals surface area contributed by atoms with E-state index < -0.39 is 0 Å². The third-order valence-corrected chi connectivity index (χ3v) is 13.6. The lowest BCUT2D eigenvalue weighted by Crippen LogP contribution is -2.43. The molecule has 66 heavy (non-hydrogen) atoms. The van der Waals surface area contributed by atoms with Gasteiger partial charge in [-0.3, -0.25) is 29.0 Å². The smallest absolute Gasteiger partial charge is 0.261 e. The molecule has 2 aromatic carbocycles. The third kappa shape index (κ3) is 11.0. The number of hydrogen-bond donors (Lipinski definition) is 0. The number of amides is 4. The van der Waals surface area contributed by atoms with Crippen molar-refractivity contribution < 1.29 is 37.4 Å². The van der Waals surface area contributed by atoms with Crippen LogP contribution >= 0.6 is 0 Å². The standard InChI is InChI=1S/C56H66N6O4/c1-57-35-23-43(24-36-57)45-27-39-59(40-28-45)31-15-11-7-3-5-9-13-17-33-61-53(63)47-19-21-49-52-50(22-20-48(51(47)52)54(61)64)56(66)62(55(49)65)34-18-14-10-6-4-8-12-16-32-60-41-29-46(30-42-60)44-25-37-58(2)38-26-44/h19-30,35-42H,3-18,31-34H2,1-2H3/q+4. The fourth-order valence-corrected chi connectivity index (χ4v) is 9.62. The minimum atomic E-state index is -0.345. The summed E-state index contributed by atoms with van der Waals surface area (Å²) < 4.78 is 8.60. The summed E-state index contributed by atoms with van der Waals surface area (Å²) in [4.78, 5) is 57.8. The van der Waals surface area contributed by atoms with Gasteiger partial charge in [-0.15, -0.1) is 0 Å². The molecule has 4 amide bonds. The Hall–Kier alpha value is -6.42. The van der Waals surface area contributed by atoms with Gasteiger partial charge in [0, 0.05) is 107 Å². The van der Waals surface area contributed by atoms with Gasteiger partial charge in [0.25, 0.3) is 23.6 Å². The van der Waals surface area contributed by atoms with Crippen LogP contribution in [0.1, 0.15) is 144 Å². The number of aromatic nitrogens is 4. The number of nitrogens with zero attached hydrogens (tertiary/aromatic N) is 6. The van der Waals surface area contributed by atoms with E-state index in [1.807, 2.05) is 23.2 Å². The average Bonchev–Trinajstić information content (AvgIpc) is 3.34. The topological polar surface area (TPSA) is 90.3 Å². The first-order valence-electron chi connectivity index (χ1n) is 24.5. The molecule has 2 aliphatic rings. The number of carbonyl (C=O) groups is 4. The first-order chi connectivity index (χ1) is 32.3. The Morgan fingerprint density at radius 3 is 0.848 bits per heavy atom. The van der Waals surface area contributed by atoms with Crippen LogP contribution in [0.25, 0.3) is 33.0 Å². The van der Waals surface area contributed by atoms with E-state index in [4.69, 9.17) is 0 Å². The summed E-state index contributed by atoms with van der Waals surface area (Å²) in [5.74, 6) is -1.38. The maximum absolute atomic E-state index is 13.8. The second-order valence-corrected chi connectivity index (χ2v) is 18.4. The van der Waals surface area contributed by atoms with E-state index in [1.165, 1.54) is 70.6 Å². The molecule has 0 saturated carbocycles. The second kappa shape index (κ2) is 22.2. The van der Waals surface area contributed by atoms with Crippen LogP contribution in [0.2, 0.25) is 0 Å². The minimum Gasteiger partial charge on any atom is -0.274 e. The Morgan fingerprint density at radius 1 is 0.318 bits per heavy atom. The van der Waals surface area contributed by atoms with Gasteiger partial charge in [0.15, 0.2) is 49.6 Å². The van der Waals surface area contributed by atoms with Crippen LogP contribution in [0.3, 0.4) is 0 Å². The molecule has 340 valence electrons. The van der Waals surface area contributed by atoms with Gasteiger partial charge in [0.1, 0.15) is 27.2 Å². The van der Waals surface area contributed by atoms with Crippen molar-refractivity contribution in [3.8, 4) is 22.3 Å². The van der Waals surface area contributed by atoms with Crippen LogP contribution in [0.5, 0.6) is 0 Å². The van der Waals surface area contributed by atoms with E-state index in [9.17, 15) is 19.2 Å². The fraction of sp³-hybridized carbons (Fsp3) is 0.393. The van der Waals surface area contributed by atoms with Crippen LogP contribution in [0, 0.1) is 0 Å². The SMILES string of the molecule is C[n+]1ccc(-c2cc[n+](CCCCCCCCCCN3C(=O)c4ccc5c6c(ccc(c46)C3=O)C(=O)N(CCCCCCCCCC[n+]3ccc(-c4cc[n+](C)cc4)cc3)C5=O)cc2)cc1. The summed E-state index contributed by atoms with van der Waals surface area (Å²) in [5, 5.41) is 0.895. The van der Waals surface area contributed by atoms with Crippen LogP contribution in [-0.4, -0.2) is 46.5 Å². The molecule has 10 nitrogen and oxygen atoms in total. The molecule has 0 radical (unpaired) electrons. The number of benzene rings is 2. The van der Waals surface area contributed by atoms with E-state index >= 15 is 0 Å². The van der Waals surface area contributed by atoms with Crippen LogP contribution in [0.4, 0.5) is 0 Å². The van der Waals surface area contributed by atoms with Crippen molar-refractivity contribution in [1.29, 1.82) is 0 Å². The van der Waals surface area contributed by atoms with Crippen molar-refractivity contribution in [3.05, 3.63) is 145 Å². The summed E-state index contributed by atoms with van der Waals surface area (Å²) >= 11 is 0. The molecular formula is C56H66N6O4+4. The van der Waals surface area contributed by atoms with Crippen LogP contribution in [-0.2, 0) is 27.2 Å². The zero-order chi connectivity index (χ0) is 45.8. The summed E-state index contributed by atoms with van der Waals surface area (Å²) in [6.45, 7) is 2.74. The summed E-state index contributed by atoms with van der Waals surface area (Å²) in [7, 11) is 4.05. The van der Waals surface area contributed by atoms with Gasteiger partial charge in [-0.25, -0.2) is 18.3 Å². The Kier molecular flexibility index (Phi) is 15.5. The number of imide groups is 2. The van der Waals surface area contributed by atoms with Gasteiger partial charge in [0.2, 0.25) is 0 Å². The summed E-state index contributed by atoms with van der Waals surface area (Å²) in [6, 6.07) is 24.0. The maximum Gasteiger partial charge on any atom is 0.261 e. The van der Waals surface area contributed by atoms with Gasteiger partial charge < -0.3 is 0 Å². The lowest BCUT2D eigenvalue weighted by molar-refractivity contribution is -0.697. The molecule has 4 aromatic heterocycles. The van der Waals surface area contributed by atoms with Crippen molar-refractivity contribution in [2.24, 2.45) is 14.1 Å². The molecule has 0 fully saturated rings. The lowest BCUT2D eigenvalue weighted by atomic mass is 9.86. The highest BCUT2D eigenvalue weighted by atomic mass is 16.2. The molecule has 6 heterocycles. The molecule has 10 heteroatoms. The first-order valence-corrected chi connectivity index (χ1v) is 24.5. The van der Waals surface area contributed by atoms with E-state index in [0.29, 0.717) is 46.1 Å². The molecule has 2 aliphatic heterocycles. The van der Waals surface area contributed by atoms with Gasteiger partial charge in [0.05, 0.1) is 0 Å². The van der Waals surface area contributed by atoms with E-state index in [2.05, 4.69) is 107 Å². The molecule has 0 unspecified atom stereocenters. The Labute approximate surface area is 390 Å². The van der Waals surface area contributed by atoms with Crippen molar-refractivity contribution in [2.45, 2.75) is 116 Å². The number of hydrogen-bond acceptors (Lipinski definition) is 4. The van der Waals surface area contributed by atoms with Crippen molar-refractivity contribution in [2.75, 3.05) is 13.1 Å². The molecule has 0 aliphatic carbocycles. The molecular weight excluding hydrogens is 821 g/mol. The molecule has 6 aromatic rings. The highest BCUT2D eigenvalue weighted by molar-refractivity contribution is 6.33. The summed E-state index contributed by atoms with van der Waals surface area (Å²) in [5.41, 5.74) is 6.47. The predicted molar refractivity (Wildman–Crippen MR) is 255 cm³/mol. The zero-order valence-electron chi connectivity index (χ0n) is 39.0. The monoisotopic (exact) mass is 887 g/mol. The molecule has 0 spiro atoms. The highest BCUT2D eigenvalue weighted by Crippen LogP contribution is 2.38. The molecule has 8 rings (SSSR count). The fourth-order valence-electron chi connectivity index (χ4n) is 9.62. The maximum atomic E-state index is 13.8. The van der Waals surface area contributed by atoms with E-state index in [1.54, 1.807) is 24.3 Å². The largest absolute Gasteiger partial charge is 0.274 e. The van der Waals surface area contributed by atoms with Crippen molar-refractivity contribution in [3.63, 3.8) is 0 Å². The van der Waals surface area contributed by atoms with Crippen LogP contribution in [0.15, 0.2) is 122 Å². The van der Waals surface area contributed by atoms with Gasteiger partial charge >= 0.3 is 0 Å². The highest BCUT2D eigenvalue weighted by Gasteiger charge is 2.39. The Balaban J connectivity index is 0.709. The minimum absolute atomic E-state index is 0.345. The number of unbranched alkanes of at least 4 members (excludes halogenated alkanes) is 14.